The highest BCUT2D eigenvalue weighted by molar-refractivity contribution is 4.88. The molecule has 1 heteroatoms. The van der Waals surface area contributed by atoms with Gasteiger partial charge in [-0.15, -0.1) is 0 Å². The predicted molar refractivity (Wildman–Crippen MR) is 58.8 cm³/mol. The van der Waals surface area contributed by atoms with E-state index in [1.54, 1.807) is 0 Å². The SMILES string of the molecule is CC.CC1CCCC2CN(C)CC12. The second-order valence-electron chi connectivity index (χ2n) is 4.55. The third-order valence-electron chi connectivity index (χ3n) is 3.64. The van der Waals surface area contributed by atoms with Gasteiger partial charge >= 0.3 is 0 Å². The van der Waals surface area contributed by atoms with Crippen LogP contribution in [0.1, 0.15) is 40.0 Å². The van der Waals surface area contributed by atoms with Crippen LogP contribution in [0.4, 0.5) is 0 Å². The Morgan fingerprint density at radius 2 is 1.77 bits per heavy atom. The van der Waals surface area contributed by atoms with E-state index in [4.69, 9.17) is 0 Å². The van der Waals surface area contributed by atoms with Crippen LogP contribution in [0.5, 0.6) is 0 Å². The van der Waals surface area contributed by atoms with Crippen LogP contribution in [0.15, 0.2) is 0 Å². The van der Waals surface area contributed by atoms with Gasteiger partial charge in [0.05, 0.1) is 0 Å². The van der Waals surface area contributed by atoms with E-state index in [-0.39, 0.29) is 0 Å². The minimum atomic E-state index is 0.999. The van der Waals surface area contributed by atoms with E-state index in [0.29, 0.717) is 0 Å². The van der Waals surface area contributed by atoms with Crippen molar-refractivity contribution in [3.63, 3.8) is 0 Å². The second-order valence-corrected chi connectivity index (χ2v) is 4.55. The van der Waals surface area contributed by atoms with E-state index in [0.717, 1.165) is 17.8 Å². The molecule has 0 aromatic rings. The van der Waals surface area contributed by atoms with E-state index in [2.05, 4.69) is 18.9 Å². The minimum absolute atomic E-state index is 0.999. The van der Waals surface area contributed by atoms with Crippen molar-refractivity contribution < 1.29 is 0 Å². The standard InChI is InChI=1S/C10H19N.C2H6/c1-8-4-3-5-9-6-11(2)7-10(8)9;1-2/h8-10H,3-7H2,1-2H3;1-2H3. The molecule has 1 nitrogen and oxygen atoms in total. The summed E-state index contributed by atoms with van der Waals surface area (Å²) in [5, 5.41) is 0. The quantitative estimate of drug-likeness (QED) is 0.558. The lowest BCUT2D eigenvalue weighted by Gasteiger charge is -2.30. The molecule has 0 radical (unpaired) electrons. The molecule has 0 aromatic carbocycles. The van der Waals surface area contributed by atoms with Gasteiger partial charge in [-0.1, -0.05) is 33.6 Å². The number of hydrogen-bond donors (Lipinski definition) is 0. The van der Waals surface area contributed by atoms with Gasteiger partial charge in [0.15, 0.2) is 0 Å². The van der Waals surface area contributed by atoms with Crippen LogP contribution in [-0.4, -0.2) is 25.0 Å². The molecule has 0 N–H and O–H groups in total. The summed E-state index contributed by atoms with van der Waals surface area (Å²) in [5.74, 6) is 3.08. The Morgan fingerprint density at radius 3 is 2.38 bits per heavy atom. The Kier molecular flexibility index (Phi) is 4.24. The zero-order chi connectivity index (χ0) is 9.84. The largest absolute Gasteiger partial charge is 0.306 e. The first-order chi connectivity index (χ1) is 6.27. The van der Waals surface area contributed by atoms with Gasteiger partial charge in [-0.3, -0.25) is 0 Å². The monoisotopic (exact) mass is 183 g/mol. The predicted octanol–water partition coefficient (Wildman–Crippen LogP) is 3.01. The summed E-state index contributed by atoms with van der Waals surface area (Å²) in [6.45, 7) is 9.18. The number of fused-ring (bicyclic) bond motifs is 1. The fourth-order valence-corrected chi connectivity index (χ4v) is 2.99. The molecule has 2 fully saturated rings. The smallest absolute Gasteiger partial charge is 0.00124 e. The first kappa shape index (κ1) is 11.0. The van der Waals surface area contributed by atoms with Gasteiger partial charge in [-0.05, 0) is 31.2 Å². The van der Waals surface area contributed by atoms with Crippen LogP contribution in [-0.2, 0) is 0 Å². The first-order valence-corrected chi connectivity index (χ1v) is 5.96. The average molecular weight is 183 g/mol. The van der Waals surface area contributed by atoms with Gasteiger partial charge in [0, 0.05) is 13.1 Å². The summed E-state index contributed by atoms with van der Waals surface area (Å²) in [5.41, 5.74) is 0. The molecule has 1 saturated heterocycles. The van der Waals surface area contributed by atoms with Crippen molar-refractivity contribution in [3.05, 3.63) is 0 Å². The zero-order valence-corrected chi connectivity index (χ0v) is 9.71. The highest BCUT2D eigenvalue weighted by Crippen LogP contribution is 2.38. The summed E-state index contributed by atoms with van der Waals surface area (Å²) in [6.07, 6.45) is 4.46. The minimum Gasteiger partial charge on any atom is -0.306 e. The number of hydrogen-bond acceptors (Lipinski definition) is 1. The average Bonchev–Trinajstić information content (AvgIpc) is 2.51. The lowest BCUT2D eigenvalue weighted by molar-refractivity contribution is 0.214. The van der Waals surface area contributed by atoms with Gasteiger partial charge in [0.1, 0.15) is 0 Å². The fourth-order valence-electron chi connectivity index (χ4n) is 2.99. The maximum absolute atomic E-state index is 2.51. The van der Waals surface area contributed by atoms with Gasteiger partial charge in [-0.25, -0.2) is 0 Å². The van der Waals surface area contributed by atoms with Crippen LogP contribution in [0.2, 0.25) is 0 Å². The van der Waals surface area contributed by atoms with Crippen LogP contribution < -0.4 is 0 Å². The van der Waals surface area contributed by atoms with Crippen LogP contribution in [0.3, 0.4) is 0 Å². The molecule has 1 heterocycles. The Bertz CT molecular complexity index is 144. The van der Waals surface area contributed by atoms with Gasteiger partial charge in [0.2, 0.25) is 0 Å². The van der Waals surface area contributed by atoms with Crippen molar-refractivity contribution >= 4 is 0 Å². The van der Waals surface area contributed by atoms with Gasteiger partial charge in [0.25, 0.3) is 0 Å². The number of likely N-dealkylation sites (tertiary alicyclic amines) is 1. The van der Waals surface area contributed by atoms with Crippen molar-refractivity contribution in [3.8, 4) is 0 Å². The van der Waals surface area contributed by atoms with Crippen molar-refractivity contribution in [1.29, 1.82) is 0 Å². The topological polar surface area (TPSA) is 3.24 Å². The van der Waals surface area contributed by atoms with Crippen molar-refractivity contribution in [2.45, 2.75) is 40.0 Å². The van der Waals surface area contributed by atoms with Gasteiger partial charge < -0.3 is 4.90 Å². The van der Waals surface area contributed by atoms with Gasteiger partial charge in [-0.2, -0.15) is 0 Å². The molecular formula is C12H25N. The van der Waals surface area contributed by atoms with Crippen LogP contribution in [0.25, 0.3) is 0 Å². The summed E-state index contributed by atoms with van der Waals surface area (Å²) >= 11 is 0. The molecule has 1 saturated carbocycles. The van der Waals surface area contributed by atoms with Crippen molar-refractivity contribution in [2.75, 3.05) is 20.1 Å². The Labute approximate surface area is 83.5 Å². The van der Waals surface area contributed by atoms with E-state index in [1.807, 2.05) is 13.8 Å². The molecule has 2 aliphatic rings. The molecule has 3 atom stereocenters. The summed E-state index contributed by atoms with van der Waals surface area (Å²) in [6, 6.07) is 0. The second kappa shape index (κ2) is 4.99. The molecular weight excluding hydrogens is 158 g/mol. The normalized spacial score (nSPS) is 39.2. The Hall–Kier alpha value is -0.0400. The molecule has 0 spiro atoms. The lowest BCUT2D eigenvalue weighted by Crippen LogP contribution is -2.24. The molecule has 2 rings (SSSR count). The van der Waals surface area contributed by atoms with E-state index in [1.165, 1.54) is 32.4 Å². The summed E-state index contributed by atoms with van der Waals surface area (Å²) in [7, 11) is 2.27. The Morgan fingerprint density at radius 1 is 1.08 bits per heavy atom. The molecule has 0 bridgehead atoms. The molecule has 13 heavy (non-hydrogen) atoms. The molecule has 78 valence electrons. The van der Waals surface area contributed by atoms with E-state index < -0.39 is 0 Å². The van der Waals surface area contributed by atoms with Crippen molar-refractivity contribution in [2.24, 2.45) is 17.8 Å². The van der Waals surface area contributed by atoms with Crippen LogP contribution >= 0.6 is 0 Å². The molecule has 0 amide bonds. The maximum Gasteiger partial charge on any atom is 0.00124 e. The maximum atomic E-state index is 2.51. The number of nitrogens with zero attached hydrogens (tertiary/aromatic N) is 1. The highest BCUT2D eigenvalue weighted by atomic mass is 15.1. The third kappa shape index (κ3) is 2.46. The summed E-state index contributed by atoms with van der Waals surface area (Å²) < 4.78 is 0. The molecule has 0 aromatic heterocycles. The first-order valence-electron chi connectivity index (χ1n) is 5.96. The zero-order valence-electron chi connectivity index (χ0n) is 9.71. The fraction of sp³-hybridized carbons (Fsp3) is 1.00. The lowest BCUT2D eigenvalue weighted by atomic mass is 9.75. The summed E-state index contributed by atoms with van der Waals surface area (Å²) in [4.78, 5) is 2.51. The van der Waals surface area contributed by atoms with Crippen LogP contribution in [0, 0.1) is 17.8 Å². The third-order valence-corrected chi connectivity index (χ3v) is 3.64. The molecule has 3 unspecified atom stereocenters. The Balaban J connectivity index is 0.000000396. The molecule has 1 aliphatic heterocycles. The molecule has 1 aliphatic carbocycles. The van der Waals surface area contributed by atoms with Crippen molar-refractivity contribution in [1.82, 2.24) is 4.90 Å². The van der Waals surface area contributed by atoms with E-state index >= 15 is 0 Å². The highest BCUT2D eigenvalue weighted by Gasteiger charge is 2.36. The number of rotatable bonds is 0. The van der Waals surface area contributed by atoms with E-state index in [9.17, 15) is 0 Å².